The van der Waals surface area contributed by atoms with Gasteiger partial charge in [0.1, 0.15) is 0 Å². The molecule has 1 saturated heterocycles. The van der Waals surface area contributed by atoms with Gasteiger partial charge in [-0.3, -0.25) is 19.8 Å². The van der Waals surface area contributed by atoms with E-state index in [0.717, 1.165) is 0 Å². The van der Waals surface area contributed by atoms with Gasteiger partial charge in [-0.1, -0.05) is 23.9 Å². The van der Waals surface area contributed by atoms with Crippen molar-refractivity contribution in [3.05, 3.63) is 51.0 Å². The number of rotatable bonds is 5. The van der Waals surface area contributed by atoms with Crippen LogP contribution in [0.15, 0.2) is 35.4 Å². The lowest BCUT2D eigenvalue weighted by Gasteiger charge is -2.25. The van der Waals surface area contributed by atoms with Gasteiger partial charge in [0.15, 0.2) is 0 Å². The molecule has 1 aromatic carbocycles. The van der Waals surface area contributed by atoms with Gasteiger partial charge in [0.2, 0.25) is 5.91 Å². The Morgan fingerprint density at radius 2 is 2.30 bits per heavy atom. The third-order valence-corrected chi connectivity index (χ3v) is 4.33. The van der Waals surface area contributed by atoms with E-state index >= 15 is 0 Å². The first-order valence-corrected chi connectivity index (χ1v) is 8.00. The second-order valence-corrected chi connectivity index (χ2v) is 5.81. The minimum atomic E-state index is -0.513. The minimum Gasteiger partial charge on any atom is -0.463 e. The van der Waals surface area contributed by atoms with Gasteiger partial charge in [-0.25, -0.2) is 4.79 Å². The molecule has 1 atom stereocenters. The highest BCUT2D eigenvalue weighted by atomic mass is 32.2. The minimum absolute atomic E-state index is 0.0374. The van der Waals surface area contributed by atoms with E-state index in [2.05, 4.69) is 0 Å². The Balaban J connectivity index is 2.30. The Morgan fingerprint density at radius 1 is 1.57 bits per heavy atom. The molecule has 8 heteroatoms. The van der Waals surface area contributed by atoms with Crippen molar-refractivity contribution in [2.45, 2.75) is 19.9 Å². The summed E-state index contributed by atoms with van der Waals surface area (Å²) in [5, 5.41) is 11.4. The summed E-state index contributed by atoms with van der Waals surface area (Å²) in [5.41, 5.74) is 0.592. The van der Waals surface area contributed by atoms with Crippen molar-refractivity contribution in [3.8, 4) is 0 Å². The van der Waals surface area contributed by atoms with Crippen LogP contribution >= 0.6 is 11.8 Å². The summed E-state index contributed by atoms with van der Waals surface area (Å²) in [4.78, 5) is 35.6. The molecule has 1 aliphatic rings. The number of thioether (sulfide) groups is 1. The van der Waals surface area contributed by atoms with Crippen LogP contribution in [-0.4, -0.2) is 34.1 Å². The van der Waals surface area contributed by atoms with Crippen LogP contribution in [0.5, 0.6) is 0 Å². The van der Waals surface area contributed by atoms with Gasteiger partial charge in [0, 0.05) is 12.1 Å². The SMILES string of the molecule is CCOC(=O)/C=C1\SCC(=O)N1[C@@H](C)c1cccc([N+](=O)[O-])c1. The van der Waals surface area contributed by atoms with Crippen molar-refractivity contribution < 1.29 is 19.2 Å². The molecule has 0 saturated carbocycles. The van der Waals surface area contributed by atoms with Gasteiger partial charge in [0.25, 0.3) is 5.69 Å². The summed E-state index contributed by atoms with van der Waals surface area (Å²) in [6.07, 6.45) is 1.28. The Bertz CT molecular complexity index is 674. The largest absolute Gasteiger partial charge is 0.463 e. The highest BCUT2D eigenvalue weighted by Crippen LogP contribution is 2.37. The Kier molecular flexibility index (Phi) is 5.38. The molecular formula is C15H16N2O5S. The molecular weight excluding hydrogens is 320 g/mol. The first-order chi connectivity index (χ1) is 10.9. The number of nitrogens with zero attached hydrogens (tertiary/aromatic N) is 2. The van der Waals surface area contributed by atoms with E-state index in [4.69, 9.17) is 4.74 Å². The summed E-state index contributed by atoms with van der Waals surface area (Å²) in [6, 6.07) is 5.70. The zero-order valence-corrected chi connectivity index (χ0v) is 13.5. The second-order valence-electron chi connectivity index (χ2n) is 4.82. The van der Waals surface area contributed by atoms with Crippen molar-refractivity contribution >= 4 is 29.3 Å². The maximum atomic E-state index is 12.1. The van der Waals surface area contributed by atoms with Crippen LogP contribution in [0.2, 0.25) is 0 Å². The third-order valence-electron chi connectivity index (χ3n) is 3.33. The normalized spacial score (nSPS) is 17.4. The van der Waals surface area contributed by atoms with Crippen molar-refractivity contribution in [2.24, 2.45) is 0 Å². The van der Waals surface area contributed by atoms with Gasteiger partial charge in [-0.05, 0) is 19.4 Å². The molecule has 0 unspecified atom stereocenters. The lowest BCUT2D eigenvalue weighted by molar-refractivity contribution is -0.384. The number of benzene rings is 1. The number of carbonyl (C=O) groups excluding carboxylic acids is 2. The highest BCUT2D eigenvalue weighted by molar-refractivity contribution is 8.04. The molecule has 2 rings (SSSR count). The van der Waals surface area contributed by atoms with E-state index in [-0.39, 0.29) is 24.0 Å². The van der Waals surface area contributed by atoms with Gasteiger partial charge >= 0.3 is 5.97 Å². The van der Waals surface area contributed by atoms with E-state index in [1.54, 1.807) is 26.0 Å². The molecule has 23 heavy (non-hydrogen) atoms. The van der Waals surface area contributed by atoms with Crippen molar-refractivity contribution in [1.82, 2.24) is 4.90 Å². The zero-order chi connectivity index (χ0) is 17.0. The zero-order valence-electron chi connectivity index (χ0n) is 12.7. The fourth-order valence-electron chi connectivity index (χ4n) is 2.25. The average molecular weight is 336 g/mol. The summed E-state index contributed by atoms with van der Waals surface area (Å²) < 4.78 is 4.87. The molecule has 1 heterocycles. The van der Waals surface area contributed by atoms with E-state index in [0.29, 0.717) is 10.6 Å². The number of non-ortho nitro benzene ring substituents is 1. The van der Waals surface area contributed by atoms with Crippen molar-refractivity contribution in [3.63, 3.8) is 0 Å². The third kappa shape index (κ3) is 3.89. The standard InChI is InChI=1S/C15H16N2O5S/c1-3-22-15(19)8-14-16(13(18)9-23-14)10(2)11-5-4-6-12(7-11)17(20)21/h4-8,10H,3,9H2,1-2H3/b14-8-/t10-/m0/s1. The number of hydrogen-bond donors (Lipinski definition) is 0. The van der Waals surface area contributed by atoms with Crippen LogP contribution in [0.25, 0.3) is 0 Å². The van der Waals surface area contributed by atoms with Crippen LogP contribution in [0.1, 0.15) is 25.5 Å². The first-order valence-electron chi connectivity index (χ1n) is 7.01. The van der Waals surface area contributed by atoms with Gasteiger partial charge in [-0.15, -0.1) is 0 Å². The fourth-order valence-corrected chi connectivity index (χ4v) is 3.24. The lowest BCUT2D eigenvalue weighted by Crippen LogP contribution is -2.28. The predicted molar refractivity (Wildman–Crippen MR) is 85.5 cm³/mol. The van der Waals surface area contributed by atoms with Gasteiger partial charge < -0.3 is 4.74 Å². The van der Waals surface area contributed by atoms with Crippen LogP contribution in [0.3, 0.4) is 0 Å². The van der Waals surface area contributed by atoms with Crippen LogP contribution < -0.4 is 0 Å². The predicted octanol–water partition coefficient (Wildman–Crippen LogP) is 2.64. The number of hydrogen-bond acceptors (Lipinski definition) is 6. The molecule has 0 spiro atoms. The van der Waals surface area contributed by atoms with Gasteiger partial charge in [-0.2, -0.15) is 0 Å². The summed E-state index contributed by atoms with van der Waals surface area (Å²) in [7, 11) is 0. The topological polar surface area (TPSA) is 89.8 Å². The number of ether oxygens (including phenoxy) is 1. The molecule has 0 N–H and O–H groups in total. The van der Waals surface area contributed by atoms with Crippen LogP contribution in [-0.2, 0) is 14.3 Å². The molecule has 1 fully saturated rings. The average Bonchev–Trinajstić information content (AvgIpc) is 2.87. The molecule has 0 radical (unpaired) electrons. The molecule has 1 aromatic rings. The summed E-state index contributed by atoms with van der Waals surface area (Å²) >= 11 is 1.25. The summed E-state index contributed by atoms with van der Waals surface area (Å²) in [5.74, 6) is -0.435. The Labute approximate surface area is 137 Å². The quantitative estimate of drug-likeness (QED) is 0.355. The van der Waals surface area contributed by atoms with Crippen molar-refractivity contribution in [1.29, 1.82) is 0 Å². The van der Waals surface area contributed by atoms with E-state index in [1.165, 1.54) is 34.9 Å². The fraction of sp³-hybridized carbons (Fsp3) is 0.333. The molecule has 0 aromatic heterocycles. The second kappa shape index (κ2) is 7.28. The number of esters is 1. The number of nitro groups is 1. The molecule has 122 valence electrons. The number of amides is 1. The molecule has 0 bridgehead atoms. The smallest absolute Gasteiger partial charge is 0.333 e. The lowest BCUT2D eigenvalue weighted by atomic mass is 10.1. The maximum absolute atomic E-state index is 12.1. The van der Waals surface area contributed by atoms with Crippen LogP contribution in [0, 0.1) is 10.1 Å². The van der Waals surface area contributed by atoms with Crippen molar-refractivity contribution in [2.75, 3.05) is 12.4 Å². The van der Waals surface area contributed by atoms with Crippen LogP contribution in [0.4, 0.5) is 5.69 Å². The van der Waals surface area contributed by atoms with E-state index in [9.17, 15) is 19.7 Å². The highest BCUT2D eigenvalue weighted by Gasteiger charge is 2.32. The summed E-state index contributed by atoms with van der Waals surface area (Å²) in [6.45, 7) is 3.72. The first kappa shape index (κ1) is 17.0. The molecule has 1 amide bonds. The molecule has 1 aliphatic heterocycles. The Hall–Kier alpha value is -2.35. The number of nitro benzene ring substituents is 1. The van der Waals surface area contributed by atoms with E-state index in [1.807, 2.05) is 0 Å². The number of carbonyl (C=O) groups is 2. The Morgan fingerprint density at radius 3 is 2.96 bits per heavy atom. The molecule has 7 nitrogen and oxygen atoms in total. The maximum Gasteiger partial charge on any atom is 0.333 e. The van der Waals surface area contributed by atoms with Gasteiger partial charge in [0.05, 0.1) is 34.4 Å². The monoisotopic (exact) mass is 336 g/mol. The van der Waals surface area contributed by atoms with E-state index < -0.39 is 16.9 Å². The molecule has 0 aliphatic carbocycles.